The van der Waals surface area contributed by atoms with Gasteiger partial charge in [0.25, 0.3) is 0 Å². The van der Waals surface area contributed by atoms with Crippen LogP contribution in [0.1, 0.15) is 58.6 Å². The van der Waals surface area contributed by atoms with Gasteiger partial charge in [-0.1, -0.05) is 26.3 Å². The highest BCUT2D eigenvalue weighted by Crippen LogP contribution is 2.34. The number of amides is 2. The lowest BCUT2D eigenvalue weighted by molar-refractivity contribution is -0.143. The number of urea groups is 1. The first-order valence-electron chi connectivity index (χ1n) is 9.31. The summed E-state index contributed by atoms with van der Waals surface area (Å²) in [5.41, 5.74) is 1.84. The largest absolute Gasteiger partial charge is 0.492 e. The van der Waals surface area contributed by atoms with Crippen LogP contribution in [0.3, 0.4) is 0 Å². The summed E-state index contributed by atoms with van der Waals surface area (Å²) in [7, 11) is 0. The van der Waals surface area contributed by atoms with Gasteiger partial charge in [-0.25, -0.2) is 9.59 Å². The van der Waals surface area contributed by atoms with Gasteiger partial charge >= 0.3 is 12.0 Å². The van der Waals surface area contributed by atoms with Crippen LogP contribution in [0.15, 0.2) is 33.9 Å². The molecule has 1 unspecified atom stereocenters. The zero-order chi connectivity index (χ0) is 20.0. The van der Waals surface area contributed by atoms with E-state index in [0.717, 1.165) is 28.6 Å². The van der Waals surface area contributed by atoms with E-state index < -0.39 is 12.0 Å². The quantitative estimate of drug-likeness (QED) is 0.581. The van der Waals surface area contributed by atoms with Crippen molar-refractivity contribution in [2.24, 2.45) is 0 Å². The number of carbonyl (C=O) groups is 2. The first-order valence-corrected chi connectivity index (χ1v) is 10.1. The number of rotatable bonds is 8. The van der Waals surface area contributed by atoms with E-state index in [2.05, 4.69) is 26.6 Å². The van der Waals surface area contributed by atoms with Crippen molar-refractivity contribution in [3.8, 4) is 5.75 Å². The third kappa shape index (κ3) is 5.48. The monoisotopic (exact) mass is 438 g/mol. The number of ether oxygens (including phenoxy) is 2. The van der Waals surface area contributed by atoms with Crippen molar-refractivity contribution in [1.82, 2.24) is 10.6 Å². The highest BCUT2D eigenvalue weighted by Gasteiger charge is 2.34. The van der Waals surface area contributed by atoms with E-state index >= 15 is 0 Å². The van der Waals surface area contributed by atoms with Crippen molar-refractivity contribution in [2.45, 2.75) is 59.1 Å². The molecule has 0 bridgehead atoms. The van der Waals surface area contributed by atoms with Crippen molar-refractivity contribution in [1.29, 1.82) is 0 Å². The van der Waals surface area contributed by atoms with Crippen molar-refractivity contribution in [3.63, 3.8) is 0 Å². The molecule has 2 N–H and O–H groups in total. The maximum absolute atomic E-state index is 12.8. The summed E-state index contributed by atoms with van der Waals surface area (Å²) in [6, 6.07) is 4.66. The van der Waals surface area contributed by atoms with Gasteiger partial charge in [-0.05, 0) is 60.3 Å². The fraction of sp³-hybridized carbons (Fsp3) is 0.500. The highest BCUT2D eigenvalue weighted by molar-refractivity contribution is 9.10. The molecular weight excluding hydrogens is 412 g/mol. The molecule has 2 amide bonds. The molecule has 1 heterocycles. The van der Waals surface area contributed by atoms with Gasteiger partial charge in [0.1, 0.15) is 5.75 Å². The van der Waals surface area contributed by atoms with Crippen LogP contribution >= 0.6 is 15.9 Å². The molecule has 0 saturated heterocycles. The number of hydrogen-bond acceptors (Lipinski definition) is 4. The maximum atomic E-state index is 12.8. The van der Waals surface area contributed by atoms with Crippen LogP contribution < -0.4 is 15.4 Å². The molecule has 1 atom stereocenters. The van der Waals surface area contributed by atoms with Gasteiger partial charge in [-0.15, -0.1) is 0 Å². The van der Waals surface area contributed by atoms with E-state index in [1.807, 2.05) is 32.0 Å². The van der Waals surface area contributed by atoms with Gasteiger partial charge < -0.3 is 20.1 Å². The van der Waals surface area contributed by atoms with E-state index in [9.17, 15) is 9.59 Å². The Bertz CT molecular complexity index is 731. The number of nitrogens with one attached hydrogen (secondary N) is 2. The molecule has 0 saturated carbocycles. The predicted molar refractivity (Wildman–Crippen MR) is 107 cm³/mol. The fourth-order valence-corrected chi connectivity index (χ4v) is 3.37. The highest BCUT2D eigenvalue weighted by atomic mass is 79.9. The molecular formula is C20H27BrN2O4. The minimum atomic E-state index is -0.580. The van der Waals surface area contributed by atoms with Crippen LogP contribution in [0.4, 0.5) is 4.79 Å². The molecule has 148 valence electrons. The molecule has 0 aromatic heterocycles. The molecule has 6 nitrogen and oxygen atoms in total. The summed E-state index contributed by atoms with van der Waals surface area (Å²) in [5.74, 6) is 0.304. The summed E-state index contributed by atoms with van der Waals surface area (Å²) >= 11 is 3.52. The number of esters is 1. The van der Waals surface area contributed by atoms with Gasteiger partial charge in [0.05, 0.1) is 28.8 Å². The molecule has 1 aliphatic rings. The van der Waals surface area contributed by atoms with Crippen LogP contribution in [0.5, 0.6) is 5.75 Å². The van der Waals surface area contributed by atoms with Gasteiger partial charge in [0.2, 0.25) is 0 Å². The van der Waals surface area contributed by atoms with Crippen molar-refractivity contribution < 1.29 is 19.1 Å². The Hall–Kier alpha value is -2.02. The van der Waals surface area contributed by atoms with Gasteiger partial charge in [-0.3, -0.25) is 0 Å². The number of carbonyl (C=O) groups excluding carboxylic acids is 2. The molecule has 0 radical (unpaired) electrons. The minimum absolute atomic E-state index is 0.247. The molecule has 7 heteroatoms. The van der Waals surface area contributed by atoms with E-state index in [-0.39, 0.29) is 12.1 Å². The average Bonchev–Trinajstić information content (AvgIpc) is 2.59. The molecule has 1 aliphatic heterocycles. The molecule has 1 aromatic carbocycles. The van der Waals surface area contributed by atoms with E-state index in [1.54, 1.807) is 13.8 Å². The Morgan fingerprint density at radius 3 is 2.59 bits per heavy atom. The standard InChI is InChI=1S/C20H27BrN2O4/c1-5-7-15-17(19(24)27-12(3)4)18(23-20(25)22-15)13-8-9-16(14(21)11-13)26-10-6-2/h8-9,11-12,18H,5-7,10H2,1-4H3,(H2,22,23,25). The number of allylic oxidation sites excluding steroid dienone is 1. The van der Waals surface area contributed by atoms with Crippen molar-refractivity contribution in [3.05, 3.63) is 39.5 Å². The maximum Gasteiger partial charge on any atom is 0.338 e. The van der Waals surface area contributed by atoms with Gasteiger partial charge in [-0.2, -0.15) is 0 Å². The fourth-order valence-electron chi connectivity index (χ4n) is 2.86. The van der Waals surface area contributed by atoms with E-state index in [0.29, 0.717) is 24.3 Å². The third-order valence-corrected chi connectivity index (χ3v) is 4.59. The van der Waals surface area contributed by atoms with Gasteiger partial charge in [0.15, 0.2) is 0 Å². The number of hydrogen-bond donors (Lipinski definition) is 2. The second kappa shape index (κ2) is 9.78. The topological polar surface area (TPSA) is 76.7 Å². The van der Waals surface area contributed by atoms with Crippen LogP contribution in [0, 0.1) is 0 Å². The van der Waals surface area contributed by atoms with Crippen LogP contribution in [0.2, 0.25) is 0 Å². The smallest absolute Gasteiger partial charge is 0.338 e. The predicted octanol–water partition coefficient (Wildman–Crippen LogP) is 4.60. The van der Waals surface area contributed by atoms with E-state index in [4.69, 9.17) is 9.47 Å². The number of halogens is 1. The number of benzene rings is 1. The Balaban J connectivity index is 2.44. The molecule has 1 aromatic rings. The van der Waals surface area contributed by atoms with Crippen LogP contribution in [-0.2, 0) is 9.53 Å². The SMILES string of the molecule is CCCOc1ccc(C2NC(=O)NC(CCC)=C2C(=O)OC(C)C)cc1Br. The Morgan fingerprint density at radius 2 is 2.00 bits per heavy atom. The lowest BCUT2D eigenvalue weighted by Crippen LogP contribution is -2.46. The van der Waals surface area contributed by atoms with E-state index in [1.165, 1.54) is 0 Å². The third-order valence-electron chi connectivity index (χ3n) is 3.97. The van der Waals surface area contributed by atoms with Crippen LogP contribution in [0.25, 0.3) is 0 Å². The molecule has 0 fully saturated rings. The molecule has 2 rings (SSSR count). The second-order valence-corrected chi connectivity index (χ2v) is 7.52. The Labute approximate surface area is 168 Å². The molecule has 0 aliphatic carbocycles. The van der Waals surface area contributed by atoms with Crippen molar-refractivity contribution in [2.75, 3.05) is 6.61 Å². The van der Waals surface area contributed by atoms with Crippen LogP contribution in [-0.4, -0.2) is 24.7 Å². The van der Waals surface area contributed by atoms with Crippen molar-refractivity contribution >= 4 is 27.9 Å². The molecule has 27 heavy (non-hydrogen) atoms. The normalized spacial score (nSPS) is 16.8. The first-order chi connectivity index (χ1) is 12.9. The summed E-state index contributed by atoms with van der Waals surface area (Å²) in [5, 5.41) is 5.61. The summed E-state index contributed by atoms with van der Waals surface area (Å²) < 4.78 is 11.9. The second-order valence-electron chi connectivity index (χ2n) is 6.67. The van der Waals surface area contributed by atoms with Gasteiger partial charge in [0, 0.05) is 5.70 Å². The summed E-state index contributed by atoms with van der Waals surface area (Å²) in [6.07, 6.45) is 2.05. The zero-order valence-electron chi connectivity index (χ0n) is 16.2. The average molecular weight is 439 g/mol. The Kier molecular flexibility index (Phi) is 7.71. The minimum Gasteiger partial charge on any atom is -0.492 e. The lowest BCUT2D eigenvalue weighted by Gasteiger charge is -2.30. The molecule has 0 spiro atoms. The lowest BCUT2D eigenvalue weighted by atomic mass is 9.93. The first kappa shape index (κ1) is 21.3. The summed E-state index contributed by atoms with van der Waals surface area (Å²) in [4.78, 5) is 24.9. The summed E-state index contributed by atoms with van der Waals surface area (Å²) in [6.45, 7) is 8.27. The Morgan fingerprint density at radius 1 is 1.26 bits per heavy atom. The zero-order valence-corrected chi connectivity index (χ0v) is 17.8.